The molecule has 2 aromatic rings. The number of methoxy groups -OCH3 is 1. The molecule has 23 heavy (non-hydrogen) atoms. The quantitative estimate of drug-likeness (QED) is 0.641. The number of halogens is 1. The van der Waals surface area contributed by atoms with Gasteiger partial charge in [-0.2, -0.15) is 13.5 Å². The summed E-state index contributed by atoms with van der Waals surface area (Å²) in [6.07, 6.45) is 1.85. The summed E-state index contributed by atoms with van der Waals surface area (Å²) in [5, 5.41) is 4.36. The van der Waals surface area contributed by atoms with Gasteiger partial charge in [0, 0.05) is 23.2 Å². The molecule has 7 heteroatoms. The van der Waals surface area contributed by atoms with Crippen LogP contribution in [-0.4, -0.2) is 21.7 Å². The zero-order valence-electron chi connectivity index (χ0n) is 12.8. The minimum atomic E-state index is -3.66. The Bertz CT molecular complexity index is 803. The fourth-order valence-electron chi connectivity index (χ4n) is 1.93. The molecule has 0 unspecified atom stereocenters. The van der Waals surface area contributed by atoms with Gasteiger partial charge in [0.1, 0.15) is 5.75 Å². The van der Waals surface area contributed by atoms with Gasteiger partial charge < -0.3 is 4.74 Å². The molecule has 0 amide bonds. The van der Waals surface area contributed by atoms with E-state index in [0.717, 1.165) is 11.1 Å². The fourth-order valence-corrected chi connectivity index (χ4v) is 2.94. The summed E-state index contributed by atoms with van der Waals surface area (Å²) in [6, 6.07) is 11.8. The van der Waals surface area contributed by atoms with Gasteiger partial charge in [-0.3, -0.25) is 0 Å². The van der Waals surface area contributed by atoms with E-state index in [9.17, 15) is 8.42 Å². The summed E-state index contributed by atoms with van der Waals surface area (Å²) in [6.45, 7) is 1.89. The number of sulfonamides is 1. The van der Waals surface area contributed by atoms with Crippen LogP contribution in [0.25, 0.3) is 0 Å². The molecular formula is C16H17ClN2O3S. The minimum absolute atomic E-state index is 0.167. The zero-order chi connectivity index (χ0) is 16.9. The van der Waals surface area contributed by atoms with Crippen molar-refractivity contribution in [2.75, 3.05) is 7.11 Å². The van der Waals surface area contributed by atoms with Gasteiger partial charge >= 0.3 is 0 Å². The smallest absolute Gasteiger partial charge is 0.276 e. The molecule has 0 spiro atoms. The van der Waals surface area contributed by atoms with E-state index in [1.165, 1.54) is 18.3 Å². The molecule has 0 aliphatic rings. The SMILES string of the molecule is COc1ccc(Cl)cc1C/C=N/NS(=O)(=O)c1ccc(C)cc1. The van der Waals surface area contributed by atoms with Crippen LogP contribution in [0.2, 0.25) is 5.02 Å². The van der Waals surface area contributed by atoms with Crippen LogP contribution in [0.15, 0.2) is 52.5 Å². The van der Waals surface area contributed by atoms with Crippen LogP contribution in [0.1, 0.15) is 11.1 Å². The van der Waals surface area contributed by atoms with Crippen molar-refractivity contribution in [3.63, 3.8) is 0 Å². The van der Waals surface area contributed by atoms with E-state index >= 15 is 0 Å². The van der Waals surface area contributed by atoms with E-state index in [0.29, 0.717) is 17.2 Å². The standard InChI is InChI=1S/C16H17ClN2O3S/c1-12-3-6-15(7-4-12)23(20,21)19-18-10-9-13-11-14(17)5-8-16(13)22-2/h3-8,10-11,19H,9H2,1-2H3/b18-10+. The van der Waals surface area contributed by atoms with Gasteiger partial charge in [-0.15, -0.1) is 0 Å². The molecule has 2 rings (SSSR count). The Labute approximate surface area is 141 Å². The number of benzene rings is 2. The van der Waals surface area contributed by atoms with Crippen molar-refractivity contribution >= 4 is 27.8 Å². The third kappa shape index (κ3) is 4.71. The average Bonchev–Trinajstić information content (AvgIpc) is 2.52. The first-order valence-corrected chi connectivity index (χ1v) is 8.71. The van der Waals surface area contributed by atoms with Crippen molar-refractivity contribution in [3.05, 3.63) is 58.6 Å². The molecule has 122 valence electrons. The summed E-state index contributed by atoms with van der Waals surface area (Å²) >= 11 is 5.94. The van der Waals surface area contributed by atoms with E-state index < -0.39 is 10.0 Å². The largest absolute Gasteiger partial charge is 0.496 e. The fraction of sp³-hybridized carbons (Fsp3) is 0.188. The molecule has 0 fully saturated rings. The highest BCUT2D eigenvalue weighted by molar-refractivity contribution is 7.89. The lowest BCUT2D eigenvalue weighted by Crippen LogP contribution is -2.18. The van der Waals surface area contributed by atoms with Crippen molar-refractivity contribution in [1.29, 1.82) is 0 Å². The highest BCUT2D eigenvalue weighted by Crippen LogP contribution is 2.22. The molecular weight excluding hydrogens is 336 g/mol. The third-order valence-corrected chi connectivity index (χ3v) is 4.62. The Kier molecular flexibility index (Phi) is 5.63. The van der Waals surface area contributed by atoms with Gasteiger partial charge in [-0.05, 0) is 37.3 Å². The predicted octanol–water partition coefficient (Wildman–Crippen LogP) is 3.16. The molecule has 0 saturated carbocycles. The Morgan fingerprint density at radius 3 is 2.57 bits per heavy atom. The van der Waals surface area contributed by atoms with Gasteiger partial charge in [-0.1, -0.05) is 29.3 Å². The second-order valence-corrected chi connectivity index (χ2v) is 6.98. The van der Waals surface area contributed by atoms with Crippen molar-refractivity contribution in [2.24, 2.45) is 5.10 Å². The van der Waals surface area contributed by atoms with Crippen LogP contribution >= 0.6 is 11.6 Å². The maximum Gasteiger partial charge on any atom is 0.276 e. The lowest BCUT2D eigenvalue weighted by Gasteiger charge is -2.06. The molecule has 0 aromatic heterocycles. The first kappa shape index (κ1) is 17.3. The second-order valence-electron chi connectivity index (χ2n) is 4.88. The molecule has 0 radical (unpaired) electrons. The molecule has 5 nitrogen and oxygen atoms in total. The molecule has 0 aliphatic heterocycles. The molecule has 0 saturated heterocycles. The van der Waals surface area contributed by atoms with Gasteiger partial charge in [0.2, 0.25) is 0 Å². The predicted molar refractivity (Wildman–Crippen MR) is 91.7 cm³/mol. The van der Waals surface area contributed by atoms with E-state index in [1.807, 2.05) is 6.92 Å². The first-order valence-electron chi connectivity index (χ1n) is 6.85. The van der Waals surface area contributed by atoms with E-state index in [1.54, 1.807) is 37.4 Å². The number of ether oxygens (including phenoxy) is 1. The van der Waals surface area contributed by atoms with Gasteiger partial charge in [-0.25, -0.2) is 4.83 Å². The molecule has 1 N–H and O–H groups in total. The van der Waals surface area contributed by atoms with Crippen LogP contribution in [0, 0.1) is 6.92 Å². The lowest BCUT2D eigenvalue weighted by molar-refractivity contribution is 0.411. The summed E-state index contributed by atoms with van der Waals surface area (Å²) in [5.74, 6) is 0.669. The van der Waals surface area contributed by atoms with Crippen molar-refractivity contribution < 1.29 is 13.2 Å². The minimum Gasteiger partial charge on any atom is -0.496 e. The average molecular weight is 353 g/mol. The molecule has 2 aromatic carbocycles. The number of hydrogen-bond donors (Lipinski definition) is 1. The Morgan fingerprint density at radius 1 is 1.22 bits per heavy atom. The first-order chi connectivity index (χ1) is 10.9. The Hall–Kier alpha value is -2.05. The van der Waals surface area contributed by atoms with Crippen LogP contribution in [-0.2, 0) is 16.4 Å². The highest BCUT2D eigenvalue weighted by Gasteiger charge is 2.11. The number of hydrazone groups is 1. The number of rotatable bonds is 6. The topological polar surface area (TPSA) is 67.8 Å². The zero-order valence-corrected chi connectivity index (χ0v) is 14.4. The van der Waals surface area contributed by atoms with Crippen LogP contribution in [0.4, 0.5) is 0 Å². The molecule has 0 atom stereocenters. The molecule has 0 heterocycles. The maximum absolute atomic E-state index is 12.1. The maximum atomic E-state index is 12.1. The van der Waals surface area contributed by atoms with Gasteiger partial charge in [0.05, 0.1) is 12.0 Å². The van der Waals surface area contributed by atoms with Crippen LogP contribution in [0.3, 0.4) is 0 Å². The van der Waals surface area contributed by atoms with Crippen LogP contribution < -0.4 is 9.57 Å². The molecule has 0 bridgehead atoms. The monoisotopic (exact) mass is 352 g/mol. The number of hydrogen-bond acceptors (Lipinski definition) is 4. The van der Waals surface area contributed by atoms with E-state index in [-0.39, 0.29) is 4.90 Å². The summed E-state index contributed by atoms with van der Waals surface area (Å²) in [4.78, 5) is 2.35. The summed E-state index contributed by atoms with van der Waals surface area (Å²) in [5.41, 5.74) is 1.80. The van der Waals surface area contributed by atoms with Crippen LogP contribution in [0.5, 0.6) is 5.75 Å². The normalized spacial score (nSPS) is 11.6. The number of nitrogens with one attached hydrogen (secondary N) is 1. The van der Waals surface area contributed by atoms with Gasteiger partial charge in [0.25, 0.3) is 10.0 Å². The molecule has 0 aliphatic carbocycles. The Balaban J connectivity index is 2.04. The summed E-state index contributed by atoms with van der Waals surface area (Å²) in [7, 11) is -2.10. The van der Waals surface area contributed by atoms with E-state index in [2.05, 4.69) is 9.93 Å². The van der Waals surface area contributed by atoms with Gasteiger partial charge in [0.15, 0.2) is 0 Å². The second kappa shape index (κ2) is 7.48. The van der Waals surface area contributed by atoms with E-state index in [4.69, 9.17) is 16.3 Å². The summed E-state index contributed by atoms with van der Waals surface area (Å²) < 4.78 is 29.3. The number of nitrogens with zero attached hydrogens (tertiary/aromatic N) is 1. The lowest BCUT2D eigenvalue weighted by atomic mass is 10.1. The third-order valence-electron chi connectivity index (χ3n) is 3.15. The Morgan fingerprint density at radius 2 is 1.91 bits per heavy atom. The van der Waals surface area contributed by atoms with Crippen molar-refractivity contribution in [1.82, 2.24) is 4.83 Å². The number of aryl methyl sites for hydroxylation is 1. The van der Waals surface area contributed by atoms with Crippen molar-refractivity contribution in [2.45, 2.75) is 18.2 Å². The highest BCUT2D eigenvalue weighted by atomic mass is 35.5. The van der Waals surface area contributed by atoms with Crippen molar-refractivity contribution in [3.8, 4) is 5.75 Å².